The van der Waals surface area contributed by atoms with Crippen molar-refractivity contribution in [3.8, 4) is 0 Å². The lowest BCUT2D eigenvalue weighted by Crippen LogP contribution is -2.29. The van der Waals surface area contributed by atoms with E-state index in [1.54, 1.807) is 11.9 Å². The second-order valence-electron chi connectivity index (χ2n) is 4.62. The minimum Gasteiger partial charge on any atom is -0.469 e. The maximum absolute atomic E-state index is 11.8. The number of hydrogen-bond acceptors (Lipinski definition) is 3. The molecule has 20 heavy (non-hydrogen) atoms. The number of nitrogens with zero attached hydrogens (tertiary/aromatic N) is 1. The lowest BCUT2D eigenvalue weighted by atomic mass is 10.1. The van der Waals surface area contributed by atoms with Crippen molar-refractivity contribution in [2.75, 3.05) is 20.7 Å². The Labute approximate surface area is 124 Å². The van der Waals surface area contributed by atoms with Gasteiger partial charge in [-0.2, -0.15) is 0 Å². The summed E-state index contributed by atoms with van der Waals surface area (Å²) in [5, 5.41) is 0.715. The van der Waals surface area contributed by atoms with E-state index in [-0.39, 0.29) is 18.3 Å². The van der Waals surface area contributed by atoms with Crippen molar-refractivity contribution in [3.63, 3.8) is 0 Å². The van der Waals surface area contributed by atoms with Gasteiger partial charge in [-0.25, -0.2) is 0 Å². The van der Waals surface area contributed by atoms with Crippen LogP contribution in [0.1, 0.15) is 24.8 Å². The minimum absolute atomic E-state index is 0.0443. The highest BCUT2D eigenvalue weighted by Crippen LogP contribution is 2.12. The van der Waals surface area contributed by atoms with Gasteiger partial charge < -0.3 is 9.64 Å². The third-order valence-corrected chi connectivity index (χ3v) is 3.33. The molecule has 0 aliphatic carbocycles. The second-order valence-corrected chi connectivity index (χ2v) is 5.06. The molecule has 0 unspecified atom stereocenters. The van der Waals surface area contributed by atoms with Gasteiger partial charge in [0.15, 0.2) is 0 Å². The van der Waals surface area contributed by atoms with Crippen LogP contribution in [-0.4, -0.2) is 37.5 Å². The molecule has 0 spiro atoms. The van der Waals surface area contributed by atoms with Crippen LogP contribution in [-0.2, 0) is 20.7 Å². The van der Waals surface area contributed by atoms with Crippen molar-refractivity contribution in [1.29, 1.82) is 0 Å². The van der Waals surface area contributed by atoms with Gasteiger partial charge in [0.2, 0.25) is 5.91 Å². The van der Waals surface area contributed by atoms with Crippen LogP contribution in [0.3, 0.4) is 0 Å². The molecule has 0 saturated heterocycles. The van der Waals surface area contributed by atoms with Crippen molar-refractivity contribution in [1.82, 2.24) is 4.90 Å². The predicted molar refractivity (Wildman–Crippen MR) is 78.7 cm³/mol. The lowest BCUT2D eigenvalue weighted by Gasteiger charge is -2.16. The third kappa shape index (κ3) is 6.06. The molecule has 0 fully saturated rings. The molecule has 1 aromatic carbocycles. The summed E-state index contributed by atoms with van der Waals surface area (Å²) in [5.41, 5.74) is 1.17. The lowest BCUT2D eigenvalue weighted by molar-refractivity contribution is -0.141. The van der Waals surface area contributed by atoms with Gasteiger partial charge in [-0.3, -0.25) is 9.59 Å². The number of amides is 1. The Balaban J connectivity index is 2.25. The van der Waals surface area contributed by atoms with E-state index in [0.29, 0.717) is 18.0 Å². The Morgan fingerprint density at radius 3 is 2.45 bits per heavy atom. The molecule has 0 aliphatic heterocycles. The molecule has 0 bridgehead atoms. The number of methoxy groups -OCH3 is 1. The number of aryl methyl sites for hydroxylation is 1. The number of halogens is 1. The number of carbonyl (C=O) groups is 2. The van der Waals surface area contributed by atoms with Gasteiger partial charge in [0.25, 0.3) is 0 Å². The Morgan fingerprint density at radius 1 is 1.20 bits per heavy atom. The second kappa shape index (κ2) is 8.59. The highest BCUT2D eigenvalue weighted by atomic mass is 35.5. The monoisotopic (exact) mass is 297 g/mol. The molecule has 0 aliphatic rings. The molecule has 0 N–H and O–H groups in total. The smallest absolute Gasteiger partial charge is 0.307 e. The van der Waals surface area contributed by atoms with E-state index in [1.165, 1.54) is 12.7 Å². The summed E-state index contributed by atoms with van der Waals surface area (Å²) in [6.07, 6.45) is 2.33. The van der Waals surface area contributed by atoms with Crippen LogP contribution in [0, 0.1) is 0 Å². The zero-order valence-electron chi connectivity index (χ0n) is 11.9. The third-order valence-electron chi connectivity index (χ3n) is 3.07. The molecule has 0 saturated carbocycles. The molecule has 0 aromatic heterocycles. The van der Waals surface area contributed by atoms with Crippen LogP contribution in [0.15, 0.2) is 24.3 Å². The fourth-order valence-corrected chi connectivity index (χ4v) is 1.90. The Bertz CT molecular complexity index is 445. The zero-order chi connectivity index (χ0) is 15.0. The van der Waals surface area contributed by atoms with Gasteiger partial charge in [-0.1, -0.05) is 23.7 Å². The number of hydrogen-bond donors (Lipinski definition) is 0. The maximum Gasteiger partial charge on any atom is 0.307 e. The molecular formula is C15H20ClNO3. The summed E-state index contributed by atoms with van der Waals surface area (Å²) in [5.74, 6) is -0.256. The summed E-state index contributed by atoms with van der Waals surface area (Å²) in [7, 11) is 3.05. The quantitative estimate of drug-likeness (QED) is 0.727. The Morgan fingerprint density at radius 2 is 1.85 bits per heavy atom. The van der Waals surface area contributed by atoms with Gasteiger partial charge in [0, 0.05) is 25.0 Å². The van der Waals surface area contributed by atoms with Crippen molar-refractivity contribution in [2.45, 2.75) is 25.7 Å². The molecule has 0 radical (unpaired) electrons. The van der Waals surface area contributed by atoms with Gasteiger partial charge in [-0.15, -0.1) is 0 Å². The molecule has 0 heterocycles. The van der Waals surface area contributed by atoms with E-state index in [9.17, 15) is 9.59 Å². The first kappa shape index (κ1) is 16.5. The van der Waals surface area contributed by atoms with Gasteiger partial charge >= 0.3 is 5.97 Å². The van der Waals surface area contributed by atoms with Crippen LogP contribution in [0.4, 0.5) is 0 Å². The molecule has 5 heteroatoms. The van der Waals surface area contributed by atoms with E-state index in [2.05, 4.69) is 4.74 Å². The summed E-state index contributed by atoms with van der Waals surface area (Å²) < 4.78 is 4.54. The van der Waals surface area contributed by atoms with E-state index < -0.39 is 0 Å². The van der Waals surface area contributed by atoms with Crippen molar-refractivity contribution >= 4 is 23.5 Å². The maximum atomic E-state index is 11.8. The highest BCUT2D eigenvalue weighted by molar-refractivity contribution is 6.30. The molecule has 1 aromatic rings. The van der Waals surface area contributed by atoms with E-state index in [1.807, 2.05) is 24.3 Å². The zero-order valence-corrected chi connectivity index (χ0v) is 12.7. The number of carbonyl (C=O) groups excluding carboxylic acids is 2. The number of rotatable bonds is 7. The molecule has 0 atom stereocenters. The standard InChI is InChI=1S/C15H20ClNO3/c1-17(11-10-15(19)20-2)14(18)5-3-4-12-6-8-13(16)9-7-12/h6-9H,3-5,10-11H2,1-2H3. The van der Waals surface area contributed by atoms with Crippen LogP contribution in [0.2, 0.25) is 5.02 Å². The molecule has 1 amide bonds. The normalized spacial score (nSPS) is 10.2. The van der Waals surface area contributed by atoms with Crippen LogP contribution in [0.25, 0.3) is 0 Å². The molecule has 1 rings (SSSR count). The number of esters is 1. The average Bonchev–Trinajstić information content (AvgIpc) is 2.46. The van der Waals surface area contributed by atoms with Crippen LogP contribution in [0.5, 0.6) is 0 Å². The summed E-state index contributed by atoms with van der Waals surface area (Å²) >= 11 is 5.81. The molecule has 110 valence electrons. The first-order valence-corrected chi connectivity index (χ1v) is 6.96. The number of ether oxygens (including phenoxy) is 1. The van der Waals surface area contributed by atoms with Crippen LogP contribution < -0.4 is 0 Å². The molecular weight excluding hydrogens is 278 g/mol. The summed E-state index contributed by atoms with van der Waals surface area (Å²) in [6.45, 7) is 0.395. The SMILES string of the molecule is COC(=O)CCN(C)C(=O)CCCc1ccc(Cl)cc1. The number of benzene rings is 1. The first-order valence-electron chi connectivity index (χ1n) is 6.58. The fourth-order valence-electron chi connectivity index (χ4n) is 1.77. The highest BCUT2D eigenvalue weighted by Gasteiger charge is 2.10. The van der Waals surface area contributed by atoms with Gasteiger partial charge in [-0.05, 0) is 30.5 Å². The first-order chi connectivity index (χ1) is 9.52. The Hall–Kier alpha value is -1.55. The van der Waals surface area contributed by atoms with Crippen molar-refractivity contribution < 1.29 is 14.3 Å². The van der Waals surface area contributed by atoms with Crippen molar-refractivity contribution in [3.05, 3.63) is 34.9 Å². The van der Waals surface area contributed by atoms with Gasteiger partial charge in [0.1, 0.15) is 0 Å². The van der Waals surface area contributed by atoms with Gasteiger partial charge in [0.05, 0.1) is 13.5 Å². The average molecular weight is 298 g/mol. The van der Waals surface area contributed by atoms with E-state index >= 15 is 0 Å². The predicted octanol–water partition coefficient (Wildman–Crippen LogP) is 2.68. The summed E-state index contributed by atoms with van der Waals surface area (Å²) in [4.78, 5) is 24.4. The summed E-state index contributed by atoms with van der Waals surface area (Å²) in [6, 6.07) is 7.63. The van der Waals surface area contributed by atoms with E-state index in [4.69, 9.17) is 11.6 Å². The van der Waals surface area contributed by atoms with Crippen LogP contribution >= 0.6 is 11.6 Å². The topological polar surface area (TPSA) is 46.6 Å². The Kier molecular flexibility index (Phi) is 7.09. The minimum atomic E-state index is -0.300. The van der Waals surface area contributed by atoms with E-state index in [0.717, 1.165) is 12.8 Å². The van der Waals surface area contributed by atoms with Crippen molar-refractivity contribution in [2.24, 2.45) is 0 Å². The fraction of sp³-hybridized carbons (Fsp3) is 0.467. The molecule has 4 nitrogen and oxygen atoms in total. The largest absolute Gasteiger partial charge is 0.469 e.